The van der Waals surface area contributed by atoms with Crippen molar-refractivity contribution in [2.75, 3.05) is 0 Å². The molecule has 0 bridgehead atoms. The van der Waals surface area contributed by atoms with Gasteiger partial charge in [0.25, 0.3) is 0 Å². The molecule has 0 saturated heterocycles. The zero-order chi connectivity index (χ0) is 21.4. The fraction of sp³-hybridized carbons (Fsp3) is 0.0769. The minimum Gasteiger partial charge on any atom is -0.485 e. The van der Waals surface area contributed by atoms with Crippen molar-refractivity contribution >= 4 is 17.8 Å². The Hall–Kier alpha value is -4.12. The lowest BCUT2D eigenvalue weighted by atomic mass is 10.0. The fourth-order valence-corrected chi connectivity index (χ4v) is 3.54. The summed E-state index contributed by atoms with van der Waals surface area (Å²) in [5, 5.41) is 0. The third-order valence-corrected chi connectivity index (χ3v) is 5.17. The van der Waals surface area contributed by atoms with Gasteiger partial charge in [0.2, 0.25) is 5.78 Å². The van der Waals surface area contributed by atoms with Crippen LogP contribution in [0.1, 0.15) is 33.2 Å². The highest BCUT2D eigenvalue weighted by molar-refractivity contribution is 6.12. The standard InChI is InChI=1S/C26H18O5/c1-16-19(13-18-9-5-6-10-22(18)29-16)14-24-25(27)21-12-11-20(15-23(21)31-24)30-26(28)17-7-3-2-4-8-17/h2-16H,1H3. The first-order valence-electron chi connectivity index (χ1n) is 9.91. The second-order valence-corrected chi connectivity index (χ2v) is 7.30. The Bertz CT molecular complexity index is 1250. The first kappa shape index (κ1) is 18.9. The molecule has 31 heavy (non-hydrogen) atoms. The largest absolute Gasteiger partial charge is 0.485 e. The van der Waals surface area contributed by atoms with E-state index >= 15 is 0 Å². The summed E-state index contributed by atoms with van der Waals surface area (Å²) >= 11 is 0. The monoisotopic (exact) mass is 410 g/mol. The first-order chi connectivity index (χ1) is 15.1. The number of para-hydroxylation sites is 1. The lowest BCUT2D eigenvalue weighted by molar-refractivity contribution is 0.0734. The summed E-state index contributed by atoms with van der Waals surface area (Å²) in [5.41, 5.74) is 2.66. The van der Waals surface area contributed by atoms with Crippen molar-refractivity contribution in [1.82, 2.24) is 0 Å². The van der Waals surface area contributed by atoms with Gasteiger partial charge in [0.15, 0.2) is 5.76 Å². The Kier molecular flexibility index (Phi) is 4.64. The first-order valence-corrected chi connectivity index (χ1v) is 9.91. The molecule has 5 rings (SSSR count). The van der Waals surface area contributed by atoms with E-state index in [9.17, 15) is 9.59 Å². The Morgan fingerprint density at radius 3 is 2.58 bits per heavy atom. The number of fused-ring (bicyclic) bond motifs is 2. The van der Waals surface area contributed by atoms with Crippen molar-refractivity contribution in [1.29, 1.82) is 0 Å². The number of rotatable bonds is 3. The molecule has 5 nitrogen and oxygen atoms in total. The molecule has 5 heteroatoms. The molecular formula is C26H18O5. The van der Waals surface area contributed by atoms with Crippen LogP contribution in [0.4, 0.5) is 0 Å². The number of Topliss-reactive ketones (excluding diaryl/α,β-unsaturated/α-hetero) is 1. The van der Waals surface area contributed by atoms with Crippen LogP contribution < -0.4 is 14.2 Å². The summed E-state index contributed by atoms with van der Waals surface area (Å²) in [5.74, 6) is 0.997. The summed E-state index contributed by atoms with van der Waals surface area (Å²) in [6, 6.07) is 21.2. The molecule has 0 aliphatic carbocycles. The second-order valence-electron chi connectivity index (χ2n) is 7.30. The highest BCUT2D eigenvalue weighted by Crippen LogP contribution is 2.36. The Morgan fingerprint density at radius 1 is 0.968 bits per heavy atom. The Balaban J connectivity index is 1.39. The van der Waals surface area contributed by atoms with Gasteiger partial charge in [0.05, 0.1) is 11.1 Å². The molecule has 152 valence electrons. The molecule has 2 aliphatic heterocycles. The molecule has 0 amide bonds. The van der Waals surface area contributed by atoms with Crippen molar-refractivity contribution in [2.45, 2.75) is 13.0 Å². The molecule has 1 atom stereocenters. The highest BCUT2D eigenvalue weighted by atomic mass is 16.5. The molecule has 0 radical (unpaired) electrons. The average Bonchev–Trinajstić information content (AvgIpc) is 3.09. The highest BCUT2D eigenvalue weighted by Gasteiger charge is 2.29. The summed E-state index contributed by atoms with van der Waals surface area (Å²) in [7, 11) is 0. The van der Waals surface area contributed by atoms with Gasteiger partial charge in [-0.1, -0.05) is 36.4 Å². The van der Waals surface area contributed by atoms with E-state index in [0.717, 1.165) is 16.9 Å². The van der Waals surface area contributed by atoms with Crippen molar-refractivity contribution < 1.29 is 23.8 Å². The predicted octanol–water partition coefficient (Wildman–Crippen LogP) is 5.23. The smallest absolute Gasteiger partial charge is 0.343 e. The van der Waals surface area contributed by atoms with Crippen LogP contribution in [0.15, 0.2) is 90.2 Å². The molecule has 2 aliphatic rings. The quantitative estimate of drug-likeness (QED) is 0.336. The van der Waals surface area contributed by atoms with Crippen LogP contribution in [0, 0.1) is 0 Å². The van der Waals surface area contributed by atoms with Gasteiger partial charge in [-0.3, -0.25) is 4.79 Å². The normalized spacial score (nSPS) is 17.8. The molecule has 0 aromatic heterocycles. The molecular weight excluding hydrogens is 392 g/mol. The number of ether oxygens (including phenoxy) is 3. The Labute approximate surface area is 179 Å². The van der Waals surface area contributed by atoms with E-state index in [1.54, 1.807) is 48.5 Å². The maximum atomic E-state index is 12.8. The van der Waals surface area contributed by atoms with Crippen molar-refractivity contribution in [3.8, 4) is 17.2 Å². The second kappa shape index (κ2) is 7.61. The van der Waals surface area contributed by atoms with Gasteiger partial charge in [0.1, 0.15) is 23.4 Å². The van der Waals surface area contributed by atoms with Crippen molar-refractivity contribution in [3.63, 3.8) is 0 Å². The fourth-order valence-electron chi connectivity index (χ4n) is 3.54. The van der Waals surface area contributed by atoms with E-state index in [1.807, 2.05) is 43.3 Å². The van der Waals surface area contributed by atoms with Crippen LogP contribution in [-0.2, 0) is 0 Å². The van der Waals surface area contributed by atoms with Gasteiger partial charge in [0, 0.05) is 11.6 Å². The average molecular weight is 410 g/mol. The van der Waals surface area contributed by atoms with Crippen LogP contribution >= 0.6 is 0 Å². The van der Waals surface area contributed by atoms with Gasteiger partial charge in [-0.25, -0.2) is 4.79 Å². The molecule has 1 unspecified atom stereocenters. The van der Waals surface area contributed by atoms with E-state index in [1.165, 1.54) is 0 Å². The van der Waals surface area contributed by atoms with E-state index in [4.69, 9.17) is 14.2 Å². The zero-order valence-electron chi connectivity index (χ0n) is 16.7. The summed E-state index contributed by atoms with van der Waals surface area (Å²) in [4.78, 5) is 25.1. The number of esters is 1. The van der Waals surface area contributed by atoms with Gasteiger partial charge in [-0.2, -0.15) is 0 Å². The van der Waals surface area contributed by atoms with Crippen LogP contribution in [0.3, 0.4) is 0 Å². The van der Waals surface area contributed by atoms with Crippen LogP contribution in [0.5, 0.6) is 17.2 Å². The minimum absolute atomic E-state index is 0.211. The number of carbonyl (C=O) groups excluding carboxylic acids is 2. The lowest BCUT2D eigenvalue weighted by Crippen LogP contribution is -2.18. The van der Waals surface area contributed by atoms with Gasteiger partial charge in [-0.05, 0) is 55.0 Å². The maximum absolute atomic E-state index is 12.8. The van der Waals surface area contributed by atoms with Crippen molar-refractivity contribution in [3.05, 3.63) is 107 Å². The number of benzene rings is 3. The number of hydrogen-bond donors (Lipinski definition) is 0. The SMILES string of the molecule is CC1Oc2ccccc2C=C1C=C1Oc2cc(OC(=O)c3ccccc3)ccc2C1=O. The van der Waals surface area contributed by atoms with E-state index in [-0.39, 0.29) is 17.6 Å². The van der Waals surface area contributed by atoms with Gasteiger partial charge in [-0.15, -0.1) is 0 Å². The van der Waals surface area contributed by atoms with Crippen molar-refractivity contribution in [2.24, 2.45) is 0 Å². The number of carbonyl (C=O) groups is 2. The Morgan fingerprint density at radius 2 is 1.74 bits per heavy atom. The lowest BCUT2D eigenvalue weighted by Gasteiger charge is -2.22. The molecule has 2 heterocycles. The number of allylic oxidation sites excluding steroid dienone is 1. The molecule has 0 saturated carbocycles. The topological polar surface area (TPSA) is 61.8 Å². The van der Waals surface area contributed by atoms with E-state index in [0.29, 0.717) is 22.6 Å². The van der Waals surface area contributed by atoms with Crippen LogP contribution in [0.25, 0.3) is 6.08 Å². The van der Waals surface area contributed by atoms with E-state index in [2.05, 4.69) is 0 Å². The van der Waals surface area contributed by atoms with Gasteiger partial charge < -0.3 is 14.2 Å². The number of hydrogen-bond acceptors (Lipinski definition) is 5. The molecule has 3 aromatic rings. The molecule has 0 fully saturated rings. The number of ketones is 1. The van der Waals surface area contributed by atoms with E-state index < -0.39 is 5.97 Å². The van der Waals surface area contributed by atoms with Crippen LogP contribution in [-0.4, -0.2) is 17.9 Å². The molecule has 3 aromatic carbocycles. The summed E-state index contributed by atoms with van der Waals surface area (Å²) in [6.07, 6.45) is 3.48. The third-order valence-electron chi connectivity index (χ3n) is 5.17. The minimum atomic E-state index is -0.474. The zero-order valence-corrected chi connectivity index (χ0v) is 16.7. The van der Waals surface area contributed by atoms with Gasteiger partial charge >= 0.3 is 5.97 Å². The summed E-state index contributed by atoms with van der Waals surface area (Å²) in [6.45, 7) is 1.92. The maximum Gasteiger partial charge on any atom is 0.343 e. The molecule has 0 spiro atoms. The third kappa shape index (κ3) is 3.62. The van der Waals surface area contributed by atoms with Crippen LogP contribution in [0.2, 0.25) is 0 Å². The summed E-state index contributed by atoms with van der Waals surface area (Å²) < 4.78 is 17.2. The molecule has 0 N–H and O–H groups in total. The predicted molar refractivity (Wildman–Crippen MR) is 115 cm³/mol.